The minimum absolute atomic E-state index is 0.324. The molecule has 1 unspecified atom stereocenters. The molecule has 0 fully saturated rings. The first-order chi connectivity index (χ1) is 10.1. The molecule has 2 N–H and O–H groups in total. The molecule has 1 aliphatic carbocycles. The van der Waals surface area contributed by atoms with E-state index < -0.39 is 0 Å². The monoisotopic (exact) mass is 280 g/mol. The van der Waals surface area contributed by atoms with Gasteiger partial charge in [0.05, 0.1) is 0 Å². The van der Waals surface area contributed by atoms with E-state index in [0.717, 1.165) is 24.8 Å². The molecular formula is C19H20O2. The maximum atomic E-state index is 9.62. The topological polar surface area (TPSA) is 40.5 Å². The number of aryl methyl sites for hydroxylation is 1. The van der Waals surface area contributed by atoms with Crippen molar-refractivity contribution in [3.05, 3.63) is 65.2 Å². The van der Waals surface area contributed by atoms with Crippen LogP contribution in [0.15, 0.2) is 48.5 Å². The molecule has 0 aromatic heterocycles. The van der Waals surface area contributed by atoms with Crippen LogP contribution in [0.4, 0.5) is 0 Å². The molecule has 2 aromatic carbocycles. The second-order valence-electron chi connectivity index (χ2n) is 5.79. The van der Waals surface area contributed by atoms with Crippen LogP contribution >= 0.6 is 0 Å². The van der Waals surface area contributed by atoms with E-state index in [4.69, 9.17) is 0 Å². The molecule has 0 spiro atoms. The molecule has 0 bridgehead atoms. The van der Waals surface area contributed by atoms with E-state index in [-0.39, 0.29) is 0 Å². The molecule has 2 heteroatoms. The van der Waals surface area contributed by atoms with E-state index in [0.29, 0.717) is 17.4 Å². The van der Waals surface area contributed by atoms with Crippen LogP contribution in [0.5, 0.6) is 11.5 Å². The predicted octanol–water partition coefficient (Wildman–Crippen LogP) is 4.76. The third-order valence-corrected chi connectivity index (χ3v) is 4.34. The fourth-order valence-corrected chi connectivity index (χ4v) is 3.00. The molecule has 1 aliphatic rings. The normalized spacial score (nSPS) is 18.3. The van der Waals surface area contributed by atoms with Crippen molar-refractivity contribution < 1.29 is 10.2 Å². The molecule has 2 aromatic rings. The average molecular weight is 280 g/mol. The van der Waals surface area contributed by atoms with E-state index in [1.54, 1.807) is 18.2 Å². The fourth-order valence-electron chi connectivity index (χ4n) is 3.00. The summed E-state index contributed by atoms with van der Waals surface area (Å²) in [5.41, 5.74) is 4.81. The summed E-state index contributed by atoms with van der Waals surface area (Å²) in [6.45, 7) is 1.93. The minimum atomic E-state index is 0.324. The summed E-state index contributed by atoms with van der Waals surface area (Å²) in [6, 6.07) is 13.4. The van der Waals surface area contributed by atoms with Crippen molar-refractivity contribution in [3.63, 3.8) is 0 Å². The van der Waals surface area contributed by atoms with E-state index in [2.05, 4.69) is 12.1 Å². The van der Waals surface area contributed by atoms with E-state index in [9.17, 15) is 10.2 Å². The molecule has 0 saturated carbocycles. The standard InChI is InChI=1S/C19H20O2/c1-13-12-17(8-11-19(13)21)16-4-2-14(3-5-16)15-6-9-18(20)10-7-15/h4,6-12,14,20-21H,2-3,5H2,1H3. The molecule has 1 atom stereocenters. The molecule has 0 aliphatic heterocycles. The van der Waals surface area contributed by atoms with Crippen LogP contribution in [0.3, 0.4) is 0 Å². The van der Waals surface area contributed by atoms with Gasteiger partial charge in [0.1, 0.15) is 11.5 Å². The lowest BCUT2D eigenvalue weighted by Gasteiger charge is -2.23. The van der Waals surface area contributed by atoms with Crippen LogP contribution in [-0.2, 0) is 0 Å². The van der Waals surface area contributed by atoms with Crippen molar-refractivity contribution in [2.45, 2.75) is 32.1 Å². The van der Waals surface area contributed by atoms with Crippen LogP contribution in [-0.4, -0.2) is 10.2 Å². The SMILES string of the molecule is Cc1cc(C2=CCC(c3ccc(O)cc3)CC2)ccc1O. The Morgan fingerprint density at radius 3 is 2.38 bits per heavy atom. The number of phenols is 2. The van der Waals surface area contributed by atoms with Crippen molar-refractivity contribution in [1.82, 2.24) is 0 Å². The summed E-state index contributed by atoms with van der Waals surface area (Å²) in [5, 5.41) is 19.0. The molecule has 21 heavy (non-hydrogen) atoms. The van der Waals surface area contributed by atoms with Gasteiger partial charge in [0.2, 0.25) is 0 Å². The van der Waals surface area contributed by atoms with Crippen LogP contribution in [0.25, 0.3) is 5.57 Å². The lowest BCUT2D eigenvalue weighted by atomic mass is 9.82. The Kier molecular flexibility index (Phi) is 3.70. The Balaban J connectivity index is 1.77. The second kappa shape index (κ2) is 5.65. The zero-order valence-corrected chi connectivity index (χ0v) is 12.2. The third kappa shape index (κ3) is 2.94. The largest absolute Gasteiger partial charge is 0.508 e. The zero-order chi connectivity index (χ0) is 14.8. The van der Waals surface area contributed by atoms with Crippen LogP contribution in [0.1, 0.15) is 41.9 Å². The Hall–Kier alpha value is -2.22. The molecule has 0 heterocycles. The van der Waals surface area contributed by atoms with E-state index in [1.165, 1.54) is 16.7 Å². The highest BCUT2D eigenvalue weighted by molar-refractivity contribution is 5.68. The number of allylic oxidation sites excluding steroid dienone is 2. The van der Waals surface area contributed by atoms with Gasteiger partial charge in [0.15, 0.2) is 0 Å². The Morgan fingerprint density at radius 1 is 1.00 bits per heavy atom. The van der Waals surface area contributed by atoms with Gasteiger partial charge in [-0.3, -0.25) is 0 Å². The Morgan fingerprint density at radius 2 is 1.76 bits per heavy atom. The number of phenolic OH excluding ortho intramolecular Hbond substituents is 2. The van der Waals surface area contributed by atoms with Gasteiger partial charge in [0.25, 0.3) is 0 Å². The van der Waals surface area contributed by atoms with Crippen molar-refractivity contribution in [1.29, 1.82) is 0 Å². The van der Waals surface area contributed by atoms with Crippen LogP contribution < -0.4 is 0 Å². The van der Waals surface area contributed by atoms with E-state index >= 15 is 0 Å². The quantitative estimate of drug-likeness (QED) is 0.832. The number of aromatic hydroxyl groups is 2. The van der Waals surface area contributed by atoms with Gasteiger partial charge in [-0.25, -0.2) is 0 Å². The van der Waals surface area contributed by atoms with Gasteiger partial charge < -0.3 is 10.2 Å². The summed E-state index contributed by atoms with van der Waals surface area (Å²) >= 11 is 0. The fraction of sp³-hybridized carbons (Fsp3) is 0.263. The van der Waals surface area contributed by atoms with Gasteiger partial charge in [-0.1, -0.05) is 24.3 Å². The van der Waals surface area contributed by atoms with Crippen molar-refractivity contribution in [3.8, 4) is 11.5 Å². The van der Waals surface area contributed by atoms with Gasteiger partial charge in [-0.15, -0.1) is 0 Å². The van der Waals surface area contributed by atoms with Crippen LogP contribution in [0, 0.1) is 6.92 Å². The number of rotatable bonds is 2. The van der Waals surface area contributed by atoms with Gasteiger partial charge in [0, 0.05) is 0 Å². The maximum Gasteiger partial charge on any atom is 0.118 e. The van der Waals surface area contributed by atoms with Gasteiger partial charge in [-0.05, 0) is 78.6 Å². The lowest BCUT2D eigenvalue weighted by molar-refractivity contribution is 0.471. The zero-order valence-electron chi connectivity index (χ0n) is 12.2. The number of hydrogen-bond acceptors (Lipinski definition) is 2. The molecule has 0 amide bonds. The summed E-state index contributed by atoms with van der Waals surface area (Å²) in [4.78, 5) is 0. The maximum absolute atomic E-state index is 9.62. The number of hydrogen-bond donors (Lipinski definition) is 2. The Labute approximate surface area is 125 Å². The highest BCUT2D eigenvalue weighted by Gasteiger charge is 2.17. The number of benzene rings is 2. The highest BCUT2D eigenvalue weighted by Crippen LogP contribution is 2.37. The third-order valence-electron chi connectivity index (χ3n) is 4.34. The molecule has 0 radical (unpaired) electrons. The van der Waals surface area contributed by atoms with Gasteiger partial charge in [-0.2, -0.15) is 0 Å². The van der Waals surface area contributed by atoms with E-state index in [1.807, 2.05) is 25.1 Å². The Bertz CT molecular complexity index is 668. The van der Waals surface area contributed by atoms with Gasteiger partial charge >= 0.3 is 0 Å². The van der Waals surface area contributed by atoms with Crippen molar-refractivity contribution in [2.75, 3.05) is 0 Å². The smallest absolute Gasteiger partial charge is 0.118 e. The first-order valence-corrected chi connectivity index (χ1v) is 7.41. The molecule has 3 rings (SSSR count). The second-order valence-corrected chi connectivity index (χ2v) is 5.79. The molecule has 0 saturated heterocycles. The average Bonchev–Trinajstić information content (AvgIpc) is 2.51. The summed E-state index contributed by atoms with van der Waals surface area (Å²) in [6.07, 6.45) is 5.51. The first kappa shape index (κ1) is 13.7. The predicted molar refractivity (Wildman–Crippen MR) is 85.5 cm³/mol. The van der Waals surface area contributed by atoms with Crippen molar-refractivity contribution in [2.24, 2.45) is 0 Å². The summed E-state index contributed by atoms with van der Waals surface area (Å²) in [7, 11) is 0. The van der Waals surface area contributed by atoms with Crippen molar-refractivity contribution >= 4 is 5.57 Å². The summed E-state index contributed by atoms with van der Waals surface area (Å²) in [5.74, 6) is 1.22. The summed E-state index contributed by atoms with van der Waals surface area (Å²) < 4.78 is 0. The molecule has 108 valence electrons. The first-order valence-electron chi connectivity index (χ1n) is 7.41. The minimum Gasteiger partial charge on any atom is -0.508 e. The highest BCUT2D eigenvalue weighted by atomic mass is 16.3. The molecular weight excluding hydrogens is 260 g/mol. The lowest BCUT2D eigenvalue weighted by Crippen LogP contribution is -2.04. The molecule has 2 nitrogen and oxygen atoms in total. The van der Waals surface area contributed by atoms with Crippen LogP contribution in [0.2, 0.25) is 0 Å².